The molecule has 0 spiro atoms. The number of hydrogen-bond acceptors (Lipinski definition) is 4. The summed E-state index contributed by atoms with van der Waals surface area (Å²) in [6.07, 6.45) is 0.485. The lowest BCUT2D eigenvalue weighted by Crippen LogP contribution is -2.51. The molecule has 0 bridgehead atoms. The van der Waals surface area contributed by atoms with Gasteiger partial charge in [-0.3, -0.25) is 4.79 Å². The number of ether oxygens (including phenoxy) is 1. The summed E-state index contributed by atoms with van der Waals surface area (Å²) in [5.74, 6) is -0.159. The van der Waals surface area contributed by atoms with Crippen molar-refractivity contribution in [2.45, 2.75) is 103 Å². The molecule has 6 heteroatoms. The van der Waals surface area contributed by atoms with Crippen molar-refractivity contribution >= 4 is 20.3 Å². The Kier molecular flexibility index (Phi) is 7.27. The second-order valence-electron chi connectivity index (χ2n) is 9.07. The summed E-state index contributed by atoms with van der Waals surface area (Å²) < 4.78 is 12.0. The summed E-state index contributed by atoms with van der Waals surface area (Å²) in [6, 6.07) is -0.217. The SMILES string of the molecule is CC(C)[Si](OC[C@H]1CCC(=O)N1C(=O)OC(C)(C)C)(C(C)C)C(C)C. The molecule has 1 fully saturated rings. The number of likely N-dealkylation sites (tertiary alicyclic amines) is 1. The average molecular weight is 372 g/mol. The summed E-state index contributed by atoms with van der Waals surface area (Å²) in [6.45, 7) is 19.3. The third kappa shape index (κ3) is 5.06. The lowest BCUT2D eigenvalue weighted by atomic mass is 10.2. The van der Waals surface area contributed by atoms with Crippen LogP contribution in [-0.4, -0.2) is 43.5 Å². The Morgan fingerprint density at radius 3 is 2.00 bits per heavy atom. The molecule has 2 amide bonds. The molecule has 0 aromatic rings. The molecule has 0 aromatic heterocycles. The summed E-state index contributed by atoms with van der Waals surface area (Å²) in [5, 5.41) is 0. The molecule has 0 unspecified atom stereocenters. The predicted octanol–water partition coefficient (Wildman–Crippen LogP) is 5.10. The topological polar surface area (TPSA) is 55.8 Å². The van der Waals surface area contributed by atoms with Crippen molar-refractivity contribution in [2.24, 2.45) is 0 Å². The number of rotatable bonds is 6. The van der Waals surface area contributed by atoms with Crippen molar-refractivity contribution in [3.8, 4) is 0 Å². The Morgan fingerprint density at radius 2 is 1.60 bits per heavy atom. The van der Waals surface area contributed by atoms with E-state index in [9.17, 15) is 9.59 Å². The van der Waals surface area contributed by atoms with Gasteiger partial charge in [-0.05, 0) is 43.8 Å². The van der Waals surface area contributed by atoms with E-state index in [0.717, 1.165) is 0 Å². The van der Waals surface area contributed by atoms with Gasteiger partial charge >= 0.3 is 6.09 Å². The zero-order valence-electron chi connectivity index (χ0n) is 17.5. The van der Waals surface area contributed by atoms with Crippen molar-refractivity contribution in [1.29, 1.82) is 0 Å². The first-order valence-electron chi connectivity index (χ1n) is 9.51. The van der Waals surface area contributed by atoms with Crippen molar-refractivity contribution in [1.82, 2.24) is 4.90 Å². The van der Waals surface area contributed by atoms with Crippen LogP contribution in [0.15, 0.2) is 0 Å². The molecule has 0 N–H and O–H groups in total. The van der Waals surface area contributed by atoms with E-state index in [0.29, 0.717) is 36.1 Å². The normalized spacial score (nSPS) is 19.4. The molecule has 1 saturated heterocycles. The van der Waals surface area contributed by atoms with Crippen LogP contribution in [0.1, 0.15) is 75.2 Å². The fourth-order valence-corrected chi connectivity index (χ4v) is 9.68. The minimum atomic E-state index is -2.02. The number of amides is 2. The quantitative estimate of drug-likeness (QED) is 0.609. The van der Waals surface area contributed by atoms with Crippen LogP contribution in [-0.2, 0) is 14.0 Å². The average Bonchev–Trinajstić information content (AvgIpc) is 2.77. The molecular weight excluding hydrogens is 334 g/mol. The zero-order valence-corrected chi connectivity index (χ0v) is 18.5. The molecular formula is C19H37NO4Si. The van der Waals surface area contributed by atoms with E-state index < -0.39 is 20.0 Å². The van der Waals surface area contributed by atoms with Crippen molar-refractivity contribution in [2.75, 3.05) is 6.61 Å². The Labute approximate surface area is 154 Å². The minimum Gasteiger partial charge on any atom is -0.443 e. The maximum atomic E-state index is 12.4. The third-order valence-electron chi connectivity index (χ3n) is 5.15. The maximum absolute atomic E-state index is 12.4. The van der Waals surface area contributed by atoms with E-state index in [2.05, 4.69) is 41.5 Å². The Bertz CT molecular complexity index is 461. The first kappa shape index (κ1) is 22.2. The second kappa shape index (κ2) is 8.21. The van der Waals surface area contributed by atoms with Crippen LogP contribution in [0.2, 0.25) is 16.6 Å². The van der Waals surface area contributed by atoms with Gasteiger partial charge < -0.3 is 9.16 Å². The third-order valence-corrected chi connectivity index (χ3v) is 11.2. The minimum absolute atomic E-state index is 0.159. The first-order valence-corrected chi connectivity index (χ1v) is 11.7. The summed E-state index contributed by atoms with van der Waals surface area (Å²) >= 11 is 0. The lowest BCUT2D eigenvalue weighted by molar-refractivity contribution is -0.128. The molecule has 1 aliphatic rings. The van der Waals surface area contributed by atoms with Crippen molar-refractivity contribution in [3.05, 3.63) is 0 Å². The first-order chi connectivity index (χ1) is 11.3. The van der Waals surface area contributed by atoms with Gasteiger partial charge in [0.2, 0.25) is 5.91 Å². The second-order valence-corrected chi connectivity index (χ2v) is 14.5. The highest BCUT2D eigenvalue weighted by Crippen LogP contribution is 2.42. The number of hydrogen-bond donors (Lipinski definition) is 0. The smallest absolute Gasteiger partial charge is 0.417 e. The van der Waals surface area contributed by atoms with Gasteiger partial charge in [0.15, 0.2) is 8.32 Å². The number of carbonyl (C=O) groups is 2. The van der Waals surface area contributed by atoms with Crippen LogP contribution in [0.25, 0.3) is 0 Å². The maximum Gasteiger partial charge on any atom is 0.417 e. The van der Waals surface area contributed by atoms with Gasteiger partial charge in [-0.25, -0.2) is 9.69 Å². The molecule has 146 valence electrons. The molecule has 1 aliphatic heterocycles. The van der Waals surface area contributed by atoms with E-state index in [1.807, 2.05) is 20.8 Å². The van der Waals surface area contributed by atoms with Crippen molar-refractivity contribution < 1.29 is 18.8 Å². The Morgan fingerprint density at radius 1 is 1.12 bits per heavy atom. The highest BCUT2D eigenvalue weighted by molar-refractivity contribution is 6.77. The molecule has 0 aliphatic carbocycles. The largest absolute Gasteiger partial charge is 0.443 e. The Hall–Kier alpha value is -0.883. The molecule has 5 nitrogen and oxygen atoms in total. The van der Waals surface area contributed by atoms with Crippen LogP contribution in [0.4, 0.5) is 4.79 Å². The molecule has 1 atom stereocenters. The fourth-order valence-electron chi connectivity index (χ4n) is 4.20. The molecule has 25 heavy (non-hydrogen) atoms. The molecule has 1 heterocycles. The van der Waals surface area contributed by atoms with Gasteiger partial charge in [-0.15, -0.1) is 0 Å². The molecule has 1 rings (SSSR count). The van der Waals surface area contributed by atoms with Gasteiger partial charge in [0.25, 0.3) is 0 Å². The van der Waals surface area contributed by atoms with Gasteiger partial charge in [-0.1, -0.05) is 41.5 Å². The van der Waals surface area contributed by atoms with Crippen LogP contribution in [0.3, 0.4) is 0 Å². The number of carbonyl (C=O) groups excluding carboxylic acids is 2. The summed E-state index contributed by atoms with van der Waals surface area (Å²) in [7, 11) is -2.02. The molecule has 0 saturated carbocycles. The fraction of sp³-hybridized carbons (Fsp3) is 0.895. The van der Waals surface area contributed by atoms with Gasteiger partial charge in [0.1, 0.15) is 5.60 Å². The monoisotopic (exact) mass is 371 g/mol. The standard InChI is InChI=1S/C19H37NO4Si/c1-13(2)25(14(3)4,15(5)6)23-12-16-10-11-17(21)20(16)18(22)24-19(7,8)9/h13-16H,10-12H2,1-9H3/t16-/m1/s1. The molecule has 0 radical (unpaired) electrons. The van der Waals surface area contributed by atoms with Gasteiger partial charge in [0, 0.05) is 6.42 Å². The van der Waals surface area contributed by atoms with Crippen LogP contribution < -0.4 is 0 Å². The van der Waals surface area contributed by atoms with E-state index in [-0.39, 0.29) is 11.9 Å². The van der Waals surface area contributed by atoms with Crippen LogP contribution >= 0.6 is 0 Å². The van der Waals surface area contributed by atoms with Crippen molar-refractivity contribution in [3.63, 3.8) is 0 Å². The van der Waals surface area contributed by atoms with E-state index in [1.165, 1.54) is 4.90 Å². The predicted molar refractivity (Wildman–Crippen MR) is 103 cm³/mol. The Balaban J connectivity index is 2.92. The number of imide groups is 1. The van der Waals surface area contributed by atoms with E-state index in [4.69, 9.17) is 9.16 Å². The zero-order chi connectivity index (χ0) is 19.6. The van der Waals surface area contributed by atoms with Gasteiger partial charge in [0.05, 0.1) is 12.6 Å². The van der Waals surface area contributed by atoms with E-state index in [1.54, 1.807) is 0 Å². The van der Waals surface area contributed by atoms with Gasteiger partial charge in [-0.2, -0.15) is 0 Å². The highest BCUT2D eigenvalue weighted by Gasteiger charge is 2.47. The number of nitrogens with zero attached hydrogens (tertiary/aromatic N) is 1. The summed E-state index contributed by atoms with van der Waals surface area (Å²) in [4.78, 5) is 25.9. The molecule has 0 aromatic carbocycles. The highest BCUT2D eigenvalue weighted by atomic mass is 28.4. The van der Waals surface area contributed by atoms with E-state index >= 15 is 0 Å². The summed E-state index contributed by atoms with van der Waals surface area (Å²) in [5.41, 5.74) is 0.802. The lowest BCUT2D eigenvalue weighted by Gasteiger charge is -2.43. The van der Waals surface area contributed by atoms with Crippen LogP contribution in [0.5, 0.6) is 0 Å². The van der Waals surface area contributed by atoms with Crippen LogP contribution in [0, 0.1) is 0 Å².